The maximum atomic E-state index is 11.9. The first kappa shape index (κ1) is 14.4. The number of hydrogen-bond acceptors (Lipinski definition) is 2. The van der Waals surface area contributed by atoms with Crippen LogP contribution in [0.2, 0.25) is 0 Å². The van der Waals surface area contributed by atoms with E-state index in [1.165, 1.54) is 0 Å². The van der Waals surface area contributed by atoms with Crippen LogP contribution in [-0.2, 0) is 4.79 Å². The van der Waals surface area contributed by atoms with E-state index < -0.39 is 11.9 Å². The van der Waals surface area contributed by atoms with E-state index in [1.54, 1.807) is 25.1 Å². The highest BCUT2D eigenvalue weighted by Gasteiger charge is 2.18. The van der Waals surface area contributed by atoms with Crippen molar-refractivity contribution in [1.29, 1.82) is 0 Å². The molecule has 0 aliphatic carbocycles. The van der Waals surface area contributed by atoms with Crippen molar-refractivity contribution in [2.45, 2.75) is 19.4 Å². The van der Waals surface area contributed by atoms with E-state index in [4.69, 9.17) is 5.73 Å². The minimum absolute atomic E-state index is 0.332. The molecular formula is C13H15BrN2O2. The van der Waals surface area contributed by atoms with Crippen LogP contribution >= 0.6 is 15.9 Å². The molecular weight excluding hydrogens is 296 g/mol. The van der Waals surface area contributed by atoms with E-state index in [0.717, 1.165) is 10.0 Å². The maximum Gasteiger partial charge on any atom is 0.251 e. The summed E-state index contributed by atoms with van der Waals surface area (Å²) < 4.78 is 0.797. The Bertz CT molecular complexity index is 486. The van der Waals surface area contributed by atoms with Gasteiger partial charge in [0.2, 0.25) is 5.91 Å². The van der Waals surface area contributed by atoms with Crippen molar-refractivity contribution in [1.82, 2.24) is 5.32 Å². The van der Waals surface area contributed by atoms with Gasteiger partial charge >= 0.3 is 0 Å². The monoisotopic (exact) mass is 310 g/mol. The van der Waals surface area contributed by atoms with Gasteiger partial charge in [-0.05, 0) is 31.5 Å². The first-order chi connectivity index (χ1) is 8.40. The Morgan fingerprint density at radius 3 is 2.67 bits per heavy atom. The summed E-state index contributed by atoms with van der Waals surface area (Å²) in [5.41, 5.74) is 6.49. The summed E-state index contributed by atoms with van der Waals surface area (Å²) in [5, 5.41) is 2.60. The number of nitrogens with two attached hydrogens (primary N) is 1. The lowest BCUT2D eigenvalue weighted by Gasteiger charge is -2.15. The van der Waals surface area contributed by atoms with E-state index in [2.05, 4.69) is 27.8 Å². The molecule has 1 rings (SSSR count). The Balaban J connectivity index is 2.78. The average molecular weight is 311 g/mol. The fraction of sp³-hybridized carbons (Fsp3) is 0.231. The molecule has 0 fully saturated rings. The number of nitrogens with one attached hydrogen (secondary N) is 1. The van der Waals surface area contributed by atoms with Crippen molar-refractivity contribution in [3.8, 4) is 0 Å². The SMILES string of the molecule is C=C(C)C[C@@H](NC(=O)c1cccc(Br)c1)C(N)=O. The van der Waals surface area contributed by atoms with Gasteiger partial charge < -0.3 is 11.1 Å². The molecule has 3 N–H and O–H groups in total. The van der Waals surface area contributed by atoms with Crippen LogP contribution in [0.25, 0.3) is 0 Å². The Kier molecular flexibility index (Phi) is 5.09. The zero-order valence-electron chi connectivity index (χ0n) is 10.1. The molecule has 0 aliphatic heterocycles. The lowest BCUT2D eigenvalue weighted by Crippen LogP contribution is -2.44. The summed E-state index contributed by atoms with van der Waals surface area (Å²) in [7, 11) is 0. The molecule has 5 heteroatoms. The topological polar surface area (TPSA) is 72.2 Å². The minimum Gasteiger partial charge on any atom is -0.368 e. The summed E-state index contributed by atoms with van der Waals surface area (Å²) in [6.07, 6.45) is 0.342. The third-order valence-corrected chi connectivity index (χ3v) is 2.78. The van der Waals surface area contributed by atoms with Crippen molar-refractivity contribution >= 4 is 27.7 Å². The summed E-state index contributed by atoms with van der Waals surface area (Å²) in [6, 6.07) is 6.18. The van der Waals surface area contributed by atoms with Crippen molar-refractivity contribution < 1.29 is 9.59 Å². The highest BCUT2D eigenvalue weighted by molar-refractivity contribution is 9.10. The van der Waals surface area contributed by atoms with Crippen LogP contribution in [0.3, 0.4) is 0 Å². The van der Waals surface area contributed by atoms with E-state index in [0.29, 0.717) is 12.0 Å². The summed E-state index contributed by atoms with van der Waals surface area (Å²) in [4.78, 5) is 23.1. The molecule has 18 heavy (non-hydrogen) atoms. The summed E-state index contributed by atoms with van der Waals surface area (Å²) >= 11 is 3.28. The van der Waals surface area contributed by atoms with Crippen LogP contribution in [-0.4, -0.2) is 17.9 Å². The van der Waals surface area contributed by atoms with Crippen molar-refractivity contribution in [3.63, 3.8) is 0 Å². The molecule has 1 aromatic carbocycles. The maximum absolute atomic E-state index is 11.9. The van der Waals surface area contributed by atoms with Gasteiger partial charge in [-0.25, -0.2) is 0 Å². The van der Waals surface area contributed by atoms with Gasteiger partial charge in [0.05, 0.1) is 0 Å². The summed E-state index contributed by atoms with van der Waals surface area (Å²) in [6.45, 7) is 5.48. The van der Waals surface area contributed by atoms with Gasteiger partial charge in [0.25, 0.3) is 5.91 Å². The number of rotatable bonds is 5. The fourth-order valence-corrected chi connectivity index (χ4v) is 1.84. The molecule has 0 bridgehead atoms. The number of carbonyl (C=O) groups is 2. The van der Waals surface area contributed by atoms with E-state index in [-0.39, 0.29) is 5.91 Å². The first-order valence-electron chi connectivity index (χ1n) is 5.40. The number of amides is 2. The van der Waals surface area contributed by atoms with E-state index in [1.807, 2.05) is 6.07 Å². The standard InChI is InChI=1S/C13H15BrN2O2/c1-8(2)6-11(12(15)17)16-13(18)9-4-3-5-10(14)7-9/h3-5,7,11H,1,6H2,2H3,(H2,15,17)(H,16,18)/t11-/m1/s1. The van der Waals surface area contributed by atoms with Gasteiger partial charge in [-0.2, -0.15) is 0 Å². The molecule has 0 radical (unpaired) electrons. The summed E-state index contributed by atoms with van der Waals surface area (Å²) in [5.74, 6) is -0.900. The van der Waals surface area contributed by atoms with E-state index >= 15 is 0 Å². The fourth-order valence-electron chi connectivity index (χ4n) is 1.44. The lowest BCUT2D eigenvalue weighted by atomic mass is 10.1. The second-order valence-corrected chi connectivity index (χ2v) is 5.02. The van der Waals surface area contributed by atoms with Crippen LogP contribution in [0, 0.1) is 0 Å². The average Bonchev–Trinajstić information content (AvgIpc) is 2.27. The largest absolute Gasteiger partial charge is 0.368 e. The first-order valence-corrected chi connectivity index (χ1v) is 6.19. The van der Waals surface area contributed by atoms with Gasteiger partial charge in [-0.3, -0.25) is 9.59 Å². The molecule has 4 nitrogen and oxygen atoms in total. The van der Waals surface area contributed by atoms with Crippen molar-refractivity contribution in [2.75, 3.05) is 0 Å². The number of carbonyl (C=O) groups excluding carboxylic acids is 2. The van der Waals surface area contributed by atoms with Gasteiger partial charge in [-0.1, -0.05) is 27.6 Å². The second kappa shape index (κ2) is 6.35. The van der Waals surface area contributed by atoms with Gasteiger partial charge in [-0.15, -0.1) is 6.58 Å². The molecule has 0 saturated carbocycles. The Morgan fingerprint density at radius 2 is 2.17 bits per heavy atom. The zero-order chi connectivity index (χ0) is 13.7. The molecule has 96 valence electrons. The molecule has 0 aliphatic rings. The zero-order valence-corrected chi connectivity index (χ0v) is 11.7. The highest BCUT2D eigenvalue weighted by atomic mass is 79.9. The molecule has 0 unspecified atom stereocenters. The number of primary amides is 1. The third kappa shape index (κ3) is 4.33. The Labute approximate surface area is 114 Å². The normalized spacial score (nSPS) is 11.7. The van der Waals surface area contributed by atoms with Gasteiger partial charge in [0.15, 0.2) is 0 Å². The molecule has 1 aromatic rings. The molecule has 0 heterocycles. The molecule has 0 spiro atoms. The lowest BCUT2D eigenvalue weighted by molar-refractivity contribution is -0.119. The quantitative estimate of drug-likeness (QED) is 0.816. The van der Waals surface area contributed by atoms with Crippen LogP contribution in [0.1, 0.15) is 23.7 Å². The molecule has 0 aromatic heterocycles. The smallest absolute Gasteiger partial charge is 0.251 e. The number of hydrogen-bond donors (Lipinski definition) is 2. The van der Waals surface area contributed by atoms with Gasteiger partial charge in [0, 0.05) is 10.0 Å². The number of benzene rings is 1. The van der Waals surface area contributed by atoms with Crippen LogP contribution in [0.5, 0.6) is 0 Å². The highest BCUT2D eigenvalue weighted by Crippen LogP contribution is 2.12. The van der Waals surface area contributed by atoms with Crippen LogP contribution < -0.4 is 11.1 Å². The second-order valence-electron chi connectivity index (χ2n) is 4.10. The van der Waals surface area contributed by atoms with Crippen molar-refractivity contribution in [3.05, 3.63) is 46.5 Å². The van der Waals surface area contributed by atoms with Crippen molar-refractivity contribution in [2.24, 2.45) is 5.73 Å². The molecule has 0 saturated heterocycles. The predicted molar refractivity (Wildman–Crippen MR) is 74.0 cm³/mol. The third-order valence-electron chi connectivity index (χ3n) is 2.29. The van der Waals surface area contributed by atoms with Crippen LogP contribution in [0.4, 0.5) is 0 Å². The number of halogens is 1. The van der Waals surface area contributed by atoms with E-state index in [9.17, 15) is 9.59 Å². The molecule has 1 atom stereocenters. The Morgan fingerprint density at radius 1 is 1.50 bits per heavy atom. The van der Waals surface area contributed by atoms with Gasteiger partial charge in [0.1, 0.15) is 6.04 Å². The Hall–Kier alpha value is -1.62. The predicted octanol–water partition coefficient (Wildman–Crippen LogP) is 2.00. The van der Waals surface area contributed by atoms with Crippen LogP contribution in [0.15, 0.2) is 40.9 Å². The minimum atomic E-state index is -0.728. The molecule has 2 amide bonds.